The van der Waals surface area contributed by atoms with Crippen LogP contribution in [-0.4, -0.2) is 31.4 Å². The van der Waals surface area contributed by atoms with Gasteiger partial charge >= 0.3 is 0 Å². The third-order valence-corrected chi connectivity index (χ3v) is 2.17. The van der Waals surface area contributed by atoms with Crippen LogP contribution in [0.5, 0.6) is 0 Å². The molecule has 2 aromatic rings. The lowest BCUT2D eigenvalue weighted by molar-refractivity contribution is 0.652. The maximum Gasteiger partial charge on any atom is 0.146 e. The third kappa shape index (κ3) is 2.21. The molecule has 0 aromatic carbocycles. The standard InChI is InChI=1S/C9H14N6/c1-10-3-8-4-15(7-12-8)5-9-11-6-13-14(9)2/h4,6-7,10H,3,5H2,1-2H3. The van der Waals surface area contributed by atoms with Crippen molar-refractivity contribution in [1.82, 2.24) is 29.6 Å². The summed E-state index contributed by atoms with van der Waals surface area (Å²) in [6.07, 6.45) is 5.37. The van der Waals surface area contributed by atoms with Crippen LogP contribution in [0.15, 0.2) is 18.9 Å². The molecule has 0 unspecified atom stereocenters. The van der Waals surface area contributed by atoms with Crippen LogP contribution in [0.3, 0.4) is 0 Å². The van der Waals surface area contributed by atoms with Crippen LogP contribution in [-0.2, 0) is 20.1 Å². The van der Waals surface area contributed by atoms with Gasteiger partial charge in [-0.05, 0) is 7.05 Å². The Bertz CT molecular complexity index is 429. The minimum Gasteiger partial charge on any atom is -0.330 e. The first-order valence-corrected chi connectivity index (χ1v) is 4.77. The highest BCUT2D eigenvalue weighted by molar-refractivity contribution is 4.98. The normalized spacial score (nSPS) is 10.8. The van der Waals surface area contributed by atoms with Gasteiger partial charge in [-0.2, -0.15) is 5.10 Å². The largest absolute Gasteiger partial charge is 0.330 e. The molecule has 0 fully saturated rings. The van der Waals surface area contributed by atoms with Crippen molar-refractivity contribution in [2.45, 2.75) is 13.1 Å². The fourth-order valence-corrected chi connectivity index (χ4v) is 1.39. The van der Waals surface area contributed by atoms with Crippen molar-refractivity contribution in [3.8, 4) is 0 Å². The summed E-state index contributed by atoms with van der Waals surface area (Å²) in [6, 6.07) is 0. The zero-order chi connectivity index (χ0) is 10.7. The fourth-order valence-electron chi connectivity index (χ4n) is 1.39. The molecule has 0 atom stereocenters. The maximum absolute atomic E-state index is 4.26. The first-order valence-electron chi connectivity index (χ1n) is 4.77. The molecule has 0 radical (unpaired) electrons. The van der Waals surface area contributed by atoms with Crippen LogP contribution >= 0.6 is 0 Å². The van der Waals surface area contributed by atoms with Gasteiger partial charge in [-0.15, -0.1) is 0 Å². The van der Waals surface area contributed by atoms with Gasteiger partial charge < -0.3 is 9.88 Å². The summed E-state index contributed by atoms with van der Waals surface area (Å²) in [5.41, 5.74) is 1.03. The van der Waals surface area contributed by atoms with E-state index in [-0.39, 0.29) is 0 Å². The van der Waals surface area contributed by atoms with Crippen LogP contribution in [0.2, 0.25) is 0 Å². The van der Waals surface area contributed by atoms with Gasteiger partial charge in [-0.1, -0.05) is 0 Å². The smallest absolute Gasteiger partial charge is 0.146 e. The molecule has 0 bridgehead atoms. The summed E-state index contributed by atoms with van der Waals surface area (Å²) >= 11 is 0. The Kier molecular flexibility index (Phi) is 2.77. The number of nitrogens with one attached hydrogen (secondary N) is 1. The van der Waals surface area contributed by atoms with E-state index in [9.17, 15) is 0 Å². The summed E-state index contributed by atoms with van der Waals surface area (Å²) in [6.45, 7) is 1.49. The Morgan fingerprint density at radius 1 is 1.40 bits per heavy atom. The molecule has 1 N–H and O–H groups in total. The van der Waals surface area contributed by atoms with Crippen LogP contribution in [0, 0.1) is 0 Å². The quantitative estimate of drug-likeness (QED) is 0.751. The number of aromatic nitrogens is 5. The van der Waals surface area contributed by atoms with Gasteiger partial charge in [-0.25, -0.2) is 9.97 Å². The molecular formula is C9H14N6. The van der Waals surface area contributed by atoms with Gasteiger partial charge in [0.15, 0.2) is 0 Å². The van der Waals surface area contributed by atoms with Crippen molar-refractivity contribution in [2.75, 3.05) is 7.05 Å². The molecule has 0 aliphatic rings. The minimum atomic E-state index is 0.702. The van der Waals surface area contributed by atoms with Crippen molar-refractivity contribution in [1.29, 1.82) is 0 Å². The Hall–Kier alpha value is -1.69. The lowest BCUT2D eigenvalue weighted by atomic mass is 10.5. The summed E-state index contributed by atoms with van der Waals surface area (Å²) in [4.78, 5) is 8.41. The second-order valence-electron chi connectivity index (χ2n) is 3.37. The zero-order valence-corrected chi connectivity index (χ0v) is 8.88. The Morgan fingerprint density at radius 3 is 2.93 bits per heavy atom. The van der Waals surface area contributed by atoms with E-state index in [2.05, 4.69) is 20.4 Å². The minimum absolute atomic E-state index is 0.702. The Labute approximate surface area is 88.0 Å². The molecule has 80 valence electrons. The molecule has 0 saturated carbocycles. The van der Waals surface area contributed by atoms with Crippen LogP contribution in [0.4, 0.5) is 0 Å². The average molecular weight is 206 g/mol. The highest BCUT2D eigenvalue weighted by Gasteiger charge is 2.02. The maximum atomic E-state index is 4.26. The molecule has 2 aromatic heterocycles. The molecule has 0 spiro atoms. The predicted octanol–water partition coefficient (Wildman–Crippen LogP) is -0.221. The molecule has 0 amide bonds. The lowest BCUT2D eigenvalue weighted by Gasteiger charge is -2.00. The van der Waals surface area contributed by atoms with Crippen molar-refractivity contribution in [3.63, 3.8) is 0 Å². The molecule has 2 rings (SSSR count). The molecule has 15 heavy (non-hydrogen) atoms. The van der Waals surface area contributed by atoms with Crippen LogP contribution in [0.25, 0.3) is 0 Å². The number of imidazole rings is 1. The summed E-state index contributed by atoms with van der Waals surface area (Å²) in [5, 5.41) is 7.07. The van der Waals surface area contributed by atoms with E-state index in [1.807, 2.05) is 24.9 Å². The Balaban J connectivity index is 2.08. The lowest BCUT2D eigenvalue weighted by Crippen LogP contribution is -2.06. The van der Waals surface area contributed by atoms with E-state index >= 15 is 0 Å². The van der Waals surface area contributed by atoms with Gasteiger partial charge in [0.2, 0.25) is 0 Å². The molecule has 6 heteroatoms. The van der Waals surface area contributed by atoms with Crippen molar-refractivity contribution >= 4 is 0 Å². The first kappa shape index (κ1) is 9.85. The van der Waals surface area contributed by atoms with E-state index in [1.54, 1.807) is 17.3 Å². The van der Waals surface area contributed by atoms with Crippen molar-refractivity contribution in [2.24, 2.45) is 7.05 Å². The number of hydrogen-bond acceptors (Lipinski definition) is 4. The van der Waals surface area contributed by atoms with Gasteiger partial charge in [-0.3, -0.25) is 4.68 Å². The third-order valence-electron chi connectivity index (χ3n) is 2.17. The van der Waals surface area contributed by atoms with E-state index in [0.29, 0.717) is 6.54 Å². The van der Waals surface area contributed by atoms with Crippen molar-refractivity contribution in [3.05, 3.63) is 30.4 Å². The van der Waals surface area contributed by atoms with Crippen LogP contribution < -0.4 is 5.32 Å². The number of aryl methyl sites for hydroxylation is 1. The Morgan fingerprint density at radius 2 is 2.27 bits per heavy atom. The van der Waals surface area contributed by atoms with Gasteiger partial charge in [0.25, 0.3) is 0 Å². The highest BCUT2D eigenvalue weighted by Crippen LogP contribution is 2.00. The second-order valence-corrected chi connectivity index (χ2v) is 3.37. The molecule has 0 saturated heterocycles. The van der Waals surface area contributed by atoms with Crippen LogP contribution in [0.1, 0.15) is 11.5 Å². The van der Waals surface area contributed by atoms with Gasteiger partial charge in [0.05, 0.1) is 18.6 Å². The molecule has 2 heterocycles. The van der Waals surface area contributed by atoms with Gasteiger partial charge in [0.1, 0.15) is 12.2 Å². The number of rotatable bonds is 4. The summed E-state index contributed by atoms with van der Waals surface area (Å²) in [7, 11) is 3.79. The SMILES string of the molecule is CNCc1cn(Cc2ncnn2C)cn1. The number of hydrogen-bond donors (Lipinski definition) is 1. The average Bonchev–Trinajstić information content (AvgIpc) is 2.79. The first-order chi connectivity index (χ1) is 7.29. The molecule has 6 nitrogen and oxygen atoms in total. The summed E-state index contributed by atoms with van der Waals surface area (Å²) < 4.78 is 3.76. The van der Waals surface area contributed by atoms with Crippen molar-refractivity contribution < 1.29 is 0 Å². The molecule has 0 aliphatic carbocycles. The monoisotopic (exact) mass is 206 g/mol. The second kappa shape index (κ2) is 4.22. The van der Waals surface area contributed by atoms with E-state index in [0.717, 1.165) is 18.1 Å². The molecular weight excluding hydrogens is 192 g/mol. The number of nitrogens with zero attached hydrogens (tertiary/aromatic N) is 5. The van der Waals surface area contributed by atoms with E-state index in [1.165, 1.54) is 0 Å². The fraction of sp³-hybridized carbons (Fsp3) is 0.444. The van der Waals surface area contributed by atoms with E-state index in [4.69, 9.17) is 0 Å². The predicted molar refractivity (Wildman–Crippen MR) is 55.1 cm³/mol. The van der Waals surface area contributed by atoms with E-state index < -0.39 is 0 Å². The highest BCUT2D eigenvalue weighted by atomic mass is 15.3. The topological polar surface area (TPSA) is 60.6 Å². The zero-order valence-electron chi connectivity index (χ0n) is 8.88. The molecule has 0 aliphatic heterocycles. The van der Waals surface area contributed by atoms with Gasteiger partial charge in [0, 0.05) is 19.8 Å². The summed E-state index contributed by atoms with van der Waals surface area (Å²) in [5.74, 6) is 0.920.